The number of anilines is 1. The number of rotatable bonds is 6. The van der Waals surface area contributed by atoms with E-state index in [1.807, 2.05) is 24.3 Å². The highest BCUT2D eigenvalue weighted by atomic mass is 19.1. The fourth-order valence-electron chi connectivity index (χ4n) is 2.28. The van der Waals surface area contributed by atoms with Gasteiger partial charge in [-0.1, -0.05) is 38.1 Å². The van der Waals surface area contributed by atoms with Gasteiger partial charge in [0, 0.05) is 11.4 Å². The van der Waals surface area contributed by atoms with Crippen LogP contribution in [-0.4, -0.2) is 17.5 Å². The molecule has 0 fully saturated rings. The normalized spacial score (nSPS) is 11.3. The molecule has 2 N–H and O–H groups in total. The van der Waals surface area contributed by atoms with Crippen LogP contribution in [0.3, 0.4) is 0 Å². The summed E-state index contributed by atoms with van der Waals surface area (Å²) in [5.41, 5.74) is 4.46. The fourth-order valence-corrected chi connectivity index (χ4v) is 2.28. The molecule has 26 heavy (non-hydrogen) atoms. The van der Waals surface area contributed by atoms with Crippen LogP contribution in [0.5, 0.6) is 0 Å². The van der Waals surface area contributed by atoms with Gasteiger partial charge in [0.05, 0.1) is 12.0 Å². The third-order valence-electron chi connectivity index (χ3n) is 3.74. The summed E-state index contributed by atoms with van der Waals surface area (Å²) in [7, 11) is 0. The van der Waals surface area contributed by atoms with Gasteiger partial charge in [-0.25, -0.2) is 9.82 Å². The first kappa shape index (κ1) is 19.3. The zero-order valence-corrected chi connectivity index (χ0v) is 15.0. The Balaban J connectivity index is 1.89. The van der Waals surface area contributed by atoms with Crippen LogP contribution in [0.1, 0.15) is 49.0 Å². The molecule has 0 aliphatic rings. The van der Waals surface area contributed by atoms with Crippen LogP contribution in [0, 0.1) is 5.82 Å². The number of hydrogen-bond donors (Lipinski definition) is 2. The molecule has 2 rings (SSSR count). The highest BCUT2D eigenvalue weighted by Gasteiger charge is 2.10. The molecule has 0 saturated heterocycles. The Morgan fingerprint density at radius 3 is 2.35 bits per heavy atom. The Labute approximate surface area is 152 Å². The molecule has 0 spiro atoms. The van der Waals surface area contributed by atoms with Crippen LogP contribution in [0.15, 0.2) is 53.6 Å². The van der Waals surface area contributed by atoms with Crippen molar-refractivity contribution in [1.82, 2.24) is 5.43 Å². The lowest BCUT2D eigenvalue weighted by atomic mass is 10.0. The Morgan fingerprint density at radius 1 is 1.08 bits per heavy atom. The van der Waals surface area contributed by atoms with Crippen molar-refractivity contribution >= 4 is 23.2 Å². The number of benzene rings is 2. The maximum Gasteiger partial charge on any atom is 0.274 e. The van der Waals surface area contributed by atoms with Gasteiger partial charge in [0.2, 0.25) is 5.91 Å². The highest BCUT2D eigenvalue weighted by Crippen LogP contribution is 2.17. The second kappa shape index (κ2) is 8.89. The van der Waals surface area contributed by atoms with Crippen LogP contribution >= 0.6 is 0 Å². The molecule has 5 nitrogen and oxygen atoms in total. The number of nitrogens with zero attached hydrogens (tertiary/aromatic N) is 1. The summed E-state index contributed by atoms with van der Waals surface area (Å²) in [4.78, 5) is 23.9. The van der Waals surface area contributed by atoms with Crippen molar-refractivity contribution in [3.8, 4) is 0 Å². The van der Waals surface area contributed by atoms with E-state index in [1.165, 1.54) is 23.8 Å². The minimum atomic E-state index is -0.660. The van der Waals surface area contributed by atoms with E-state index in [-0.39, 0.29) is 17.9 Å². The SMILES string of the molecule is C/C(CC(=O)Nc1ccc(C(C)C)cc1)=N\NC(=O)c1ccccc1F. The molecule has 0 saturated carbocycles. The molecule has 0 atom stereocenters. The first-order valence-corrected chi connectivity index (χ1v) is 8.34. The van der Waals surface area contributed by atoms with Crippen molar-refractivity contribution in [2.75, 3.05) is 5.32 Å². The third kappa shape index (κ3) is 5.51. The Hall–Kier alpha value is -3.02. The van der Waals surface area contributed by atoms with Crippen LogP contribution in [0.4, 0.5) is 10.1 Å². The average Bonchev–Trinajstić information content (AvgIpc) is 2.60. The molecule has 0 aromatic heterocycles. The molecule has 0 heterocycles. The quantitative estimate of drug-likeness (QED) is 0.605. The van der Waals surface area contributed by atoms with E-state index in [1.54, 1.807) is 13.0 Å². The number of carbonyl (C=O) groups is 2. The second-order valence-corrected chi connectivity index (χ2v) is 6.27. The van der Waals surface area contributed by atoms with Crippen molar-refractivity contribution in [3.05, 3.63) is 65.5 Å². The number of hydrogen-bond acceptors (Lipinski definition) is 3. The maximum atomic E-state index is 13.5. The van der Waals surface area contributed by atoms with Crippen LogP contribution in [0.25, 0.3) is 0 Å². The first-order valence-electron chi connectivity index (χ1n) is 8.34. The van der Waals surface area contributed by atoms with Gasteiger partial charge >= 0.3 is 0 Å². The van der Waals surface area contributed by atoms with Crippen molar-refractivity contribution in [2.24, 2.45) is 5.10 Å². The van der Waals surface area contributed by atoms with E-state index < -0.39 is 11.7 Å². The fraction of sp³-hybridized carbons (Fsp3) is 0.250. The van der Waals surface area contributed by atoms with E-state index in [4.69, 9.17) is 0 Å². The number of carbonyl (C=O) groups excluding carboxylic acids is 2. The lowest BCUT2D eigenvalue weighted by Crippen LogP contribution is -2.22. The van der Waals surface area contributed by atoms with Crippen LogP contribution in [-0.2, 0) is 4.79 Å². The number of amides is 2. The largest absolute Gasteiger partial charge is 0.326 e. The van der Waals surface area contributed by atoms with Gasteiger partial charge in [-0.05, 0) is 42.7 Å². The van der Waals surface area contributed by atoms with Crippen molar-refractivity contribution in [1.29, 1.82) is 0 Å². The zero-order valence-electron chi connectivity index (χ0n) is 15.0. The summed E-state index contributed by atoms with van der Waals surface area (Å²) >= 11 is 0. The van der Waals surface area contributed by atoms with Crippen LogP contribution < -0.4 is 10.7 Å². The predicted molar refractivity (Wildman–Crippen MR) is 101 cm³/mol. The lowest BCUT2D eigenvalue weighted by Gasteiger charge is -2.08. The molecular weight excluding hydrogens is 333 g/mol. The Bertz CT molecular complexity index is 814. The molecule has 0 unspecified atom stereocenters. The standard InChI is InChI=1S/C20H22FN3O2/c1-13(2)15-8-10-16(11-9-15)22-19(25)12-14(3)23-24-20(26)17-6-4-5-7-18(17)21/h4-11,13H,12H2,1-3H3,(H,22,25)(H,24,26)/b23-14+. The monoisotopic (exact) mass is 355 g/mol. The summed E-state index contributed by atoms with van der Waals surface area (Å²) in [6.07, 6.45) is 0.0173. The van der Waals surface area contributed by atoms with E-state index in [9.17, 15) is 14.0 Å². The van der Waals surface area contributed by atoms with Gasteiger partial charge in [-0.15, -0.1) is 0 Å². The summed E-state index contributed by atoms with van der Waals surface area (Å²) in [5.74, 6) is -1.11. The molecule has 2 aromatic rings. The highest BCUT2D eigenvalue weighted by molar-refractivity contribution is 6.06. The average molecular weight is 355 g/mol. The lowest BCUT2D eigenvalue weighted by molar-refractivity contribution is -0.115. The van der Waals surface area contributed by atoms with Gasteiger partial charge in [-0.3, -0.25) is 9.59 Å². The molecule has 0 bridgehead atoms. The topological polar surface area (TPSA) is 70.6 Å². The summed E-state index contributed by atoms with van der Waals surface area (Å²) in [6.45, 7) is 5.81. The van der Waals surface area contributed by atoms with Crippen molar-refractivity contribution < 1.29 is 14.0 Å². The molecule has 0 aliphatic carbocycles. The third-order valence-corrected chi connectivity index (χ3v) is 3.74. The van der Waals surface area contributed by atoms with Gasteiger partial charge in [0.1, 0.15) is 5.82 Å². The maximum absolute atomic E-state index is 13.5. The van der Waals surface area contributed by atoms with E-state index in [0.29, 0.717) is 17.3 Å². The predicted octanol–water partition coefficient (Wildman–Crippen LogP) is 4.08. The Kier molecular flexibility index (Phi) is 6.60. The van der Waals surface area contributed by atoms with Gasteiger partial charge < -0.3 is 5.32 Å². The molecular formula is C20H22FN3O2. The summed E-state index contributed by atoms with van der Waals surface area (Å²) in [5, 5.41) is 6.63. The summed E-state index contributed by atoms with van der Waals surface area (Å²) < 4.78 is 13.5. The first-order chi connectivity index (χ1) is 12.4. The number of nitrogens with one attached hydrogen (secondary N) is 2. The second-order valence-electron chi connectivity index (χ2n) is 6.27. The minimum Gasteiger partial charge on any atom is -0.326 e. The van der Waals surface area contributed by atoms with E-state index >= 15 is 0 Å². The zero-order chi connectivity index (χ0) is 19.1. The van der Waals surface area contributed by atoms with E-state index in [2.05, 4.69) is 29.7 Å². The van der Waals surface area contributed by atoms with E-state index in [0.717, 1.165) is 0 Å². The molecule has 0 radical (unpaired) electrons. The smallest absolute Gasteiger partial charge is 0.274 e. The van der Waals surface area contributed by atoms with Gasteiger partial charge in [0.25, 0.3) is 5.91 Å². The number of halogens is 1. The van der Waals surface area contributed by atoms with Crippen molar-refractivity contribution in [2.45, 2.75) is 33.1 Å². The number of hydrazone groups is 1. The summed E-state index contributed by atoms with van der Waals surface area (Å²) in [6, 6.07) is 13.3. The van der Waals surface area contributed by atoms with Gasteiger partial charge in [0.15, 0.2) is 0 Å². The molecule has 0 aliphatic heterocycles. The minimum absolute atomic E-state index is 0.0173. The molecule has 2 aromatic carbocycles. The molecule has 6 heteroatoms. The Morgan fingerprint density at radius 2 is 1.73 bits per heavy atom. The van der Waals surface area contributed by atoms with Gasteiger partial charge in [-0.2, -0.15) is 5.10 Å². The van der Waals surface area contributed by atoms with Crippen molar-refractivity contribution in [3.63, 3.8) is 0 Å². The molecule has 136 valence electrons. The van der Waals surface area contributed by atoms with Crippen LogP contribution in [0.2, 0.25) is 0 Å². The molecule has 2 amide bonds.